The van der Waals surface area contributed by atoms with Crippen molar-refractivity contribution in [2.75, 3.05) is 32.8 Å². The molecule has 33 heavy (non-hydrogen) atoms. The summed E-state index contributed by atoms with van der Waals surface area (Å²) in [5.41, 5.74) is 6.63. The van der Waals surface area contributed by atoms with Gasteiger partial charge in [0.15, 0.2) is 24.7 Å². The minimum absolute atomic E-state index is 0.275. The van der Waals surface area contributed by atoms with E-state index in [0.29, 0.717) is 27.6 Å². The van der Waals surface area contributed by atoms with Gasteiger partial charge in [0.2, 0.25) is 0 Å². The number of carbonyl (C=O) groups is 4. The summed E-state index contributed by atoms with van der Waals surface area (Å²) in [4.78, 5) is 47.8. The Kier molecular flexibility index (Phi) is 8.98. The number of methoxy groups -OCH3 is 2. The van der Waals surface area contributed by atoms with Crippen molar-refractivity contribution in [3.05, 3.63) is 45.8 Å². The number of amides is 2. The molecular formula is C22H24N2O8S. The summed E-state index contributed by atoms with van der Waals surface area (Å²) in [7, 11) is 2.68. The van der Waals surface area contributed by atoms with Crippen molar-refractivity contribution < 1.29 is 38.1 Å². The van der Waals surface area contributed by atoms with Crippen LogP contribution in [0.25, 0.3) is 6.08 Å². The van der Waals surface area contributed by atoms with Gasteiger partial charge >= 0.3 is 11.9 Å². The molecule has 176 valence electrons. The van der Waals surface area contributed by atoms with Crippen LogP contribution in [-0.2, 0) is 23.9 Å². The Morgan fingerprint density at radius 1 is 1.09 bits per heavy atom. The number of ether oxygens (including phenoxy) is 4. The van der Waals surface area contributed by atoms with Crippen molar-refractivity contribution in [3.63, 3.8) is 0 Å². The van der Waals surface area contributed by atoms with E-state index in [2.05, 4.69) is 5.32 Å². The molecule has 11 heteroatoms. The molecule has 2 aromatic rings. The first-order valence-corrected chi connectivity index (χ1v) is 10.4. The molecule has 0 aliphatic heterocycles. The fourth-order valence-corrected chi connectivity index (χ4v) is 3.70. The van der Waals surface area contributed by atoms with Gasteiger partial charge in [0.25, 0.3) is 11.8 Å². The Bertz CT molecular complexity index is 1090. The van der Waals surface area contributed by atoms with Crippen molar-refractivity contribution in [1.82, 2.24) is 0 Å². The molecule has 0 saturated carbocycles. The quantitative estimate of drug-likeness (QED) is 0.392. The fraction of sp³-hybridized carbons (Fsp3) is 0.273. The predicted molar refractivity (Wildman–Crippen MR) is 121 cm³/mol. The van der Waals surface area contributed by atoms with Crippen LogP contribution in [0.3, 0.4) is 0 Å². The standard InChI is InChI=1S/C22H24N2O8S/c1-12-13(2)33-21(20(12)22(28)30-4)24-18(26)11-32-19(27)8-6-14-5-7-15(16(9-14)29-3)31-10-17(23)25/h5-9H,10-11H2,1-4H3,(H2,23,25)(H,24,26)/b8-6+. The SMILES string of the molecule is COC(=O)c1c(NC(=O)COC(=O)/C=C/c2ccc(OCC(N)=O)c(OC)c2)sc(C)c1C. The molecular weight excluding hydrogens is 452 g/mol. The number of hydrogen-bond donors (Lipinski definition) is 2. The highest BCUT2D eigenvalue weighted by atomic mass is 32.1. The second-order valence-electron chi connectivity index (χ2n) is 6.63. The average Bonchev–Trinajstić information content (AvgIpc) is 3.07. The molecule has 0 fully saturated rings. The maximum Gasteiger partial charge on any atom is 0.341 e. The van der Waals surface area contributed by atoms with E-state index in [1.54, 1.807) is 25.1 Å². The second kappa shape index (κ2) is 11.7. The lowest BCUT2D eigenvalue weighted by molar-refractivity contribution is -0.142. The van der Waals surface area contributed by atoms with E-state index in [9.17, 15) is 19.2 Å². The molecule has 2 amide bonds. The molecule has 0 spiro atoms. The highest BCUT2D eigenvalue weighted by Crippen LogP contribution is 2.33. The topological polar surface area (TPSA) is 143 Å². The van der Waals surface area contributed by atoms with Crippen molar-refractivity contribution in [1.29, 1.82) is 0 Å². The molecule has 0 aliphatic rings. The molecule has 2 rings (SSSR count). The van der Waals surface area contributed by atoms with Gasteiger partial charge in [-0.3, -0.25) is 9.59 Å². The summed E-state index contributed by atoms with van der Waals surface area (Å²) in [5.74, 6) is -1.87. The third-order valence-corrected chi connectivity index (χ3v) is 5.47. The molecule has 0 radical (unpaired) electrons. The second-order valence-corrected chi connectivity index (χ2v) is 7.86. The van der Waals surface area contributed by atoms with Crippen molar-refractivity contribution in [3.8, 4) is 11.5 Å². The molecule has 1 heterocycles. The third-order valence-electron chi connectivity index (χ3n) is 4.34. The van der Waals surface area contributed by atoms with Crippen molar-refractivity contribution >= 4 is 46.2 Å². The number of thiophene rings is 1. The largest absolute Gasteiger partial charge is 0.493 e. The first-order chi connectivity index (χ1) is 15.7. The van der Waals surface area contributed by atoms with Crippen molar-refractivity contribution in [2.45, 2.75) is 13.8 Å². The number of esters is 2. The monoisotopic (exact) mass is 476 g/mol. The van der Waals surface area contributed by atoms with E-state index in [1.165, 1.54) is 31.6 Å². The first kappa shape index (κ1) is 25.4. The van der Waals surface area contributed by atoms with Gasteiger partial charge in [-0.25, -0.2) is 9.59 Å². The Hall–Kier alpha value is -3.86. The van der Waals surface area contributed by atoms with Crippen molar-refractivity contribution in [2.24, 2.45) is 5.73 Å². The van der Waals surface area contributed by atoms with Crippen LogP contribution in [0, 0.1) is 13.8 Å². The van der Waals surface area contributed by atoms with Crippen LogP contribution < -0.4 is 20.5 Å². The zero-order valence-electron chi connectivity index (χ0n) is 18.6. The molecule has 0 aliphatic carbocycles. The Labute approximate surface area is 194 Å². The number of hydrogen-bond acceptors (Lipinski definition) is 9. The third kappa shape index (κ3) is 7.07. The summed E-state index contributed by atoms with van der Waals surface area (Å²) in [6.07, 6.45) is 2.60. The zero-order valence-corrected chi connectivity index (χ0v) is 19.4. The van der Waals surface area contributed by atoms with E-state index in [-0.39, 0.29) is 12.2 Å². The summed E-state index contributed by atoms with van der Waals surface area (Å²) < 4.78 is 20.1. The molecule has 0 atom stereocenters. The molecule has 10 nitrogen and oxygen atoms in total. The number of aryl methyl sites for hydroxylation is 1. The molecule has 1 aromatic heterocycles. The van der Waals surface area contributed by atoms with Crippen LogP contribution in [0.5, 0.6) is 11.5 Å². The number of carbonyl (C=O) groups excluding carboxylic acids is 4. The predicted octanol–water partition coefficient (Wildman–Crippen LogP) is 2.22. The summed E-state index contributed by atoms with van der Waals surface area (Å²) in [6.45, 7) is 2.73. The van der Waals surface area contributed by atoms with Gasteiger partial charge in [-0.2, -0.15) is 0 Å². The summed E-state index contributed by atoms with van der Waals surface area (Å²) >= 11 is 1.23. The highest BCUT2D eigenvalue weighted by Gasteiger charge is 2.21. The molecule has 0 unspecified atom stereocenters. The van der Waals surface area contributed by atoms with Crippen LogP contribution in [0.1, 0.15) is 26.4 Å². The Balaban J connectivity index is 1.95. The van der Waals surface area contributed by atoms with Crippen LogP contribution in [0.2, 0.25) is 0 Å². The molecule has 0 bridgehead atoms. The average molecular weight is 477 g/mol. The summed E-state index contributed by atoms with van der Waals surface area (Å²) in [6, 6.07) is 4.78. The zero-order chi connectivity index (χ0) is 24.5. The first-order valence-electron chi connectivity index (χ1n) is 9.58. The number of anilines is 1. The molecule has 3 N–H and O–H groups in total. The smallest absolute Gasteiger partial charge is 0.341 e. The minimum Gasteiger partial charge on any atom is -0.493 e. The lowest BCUT2D eigenvalue weighted by Gasteiger charge is -2.10. The van der Waals surface area contributed by atoms with E-state index in [4.69, 9.17) is 24.7 Å². The number of nitrogens with two attached hydrogens (primary N) is 1. The van der Waals surface area contributed by atoms with Crippen LogP contribution in [0.15, 0.2) is 24.3 Å². The van der Waals surface area contributed by atoms with Gasteiger partial charge in [0.05, 0.1) is 19.8 Å². The van der Waals surface area contributed by atoms with Crippen LogP contribution >= 0.6 is 11.3 Å². The van der Waals surface area contributed by atoms with E-state index >= 15 is 0 Å². The Morgan fingerprint density at radius 2 is 1.82 bits per heavy atom. The number of nitrogens with one attached hydrogen (secondary N) is 1. The van der Waals surface area contributed by atoms with Gasteiger partial charge in [0.1, 0.15) is 5.00 Å². The van der Waals surface area contributed by atoms with Gasteiger partial charge < -0.3 is 30.0 Å². The van der Waals surface area contributed by atoms with E-state index < -0.39 is 30.4 Å². The summed E-state index contributed by atoms with van der Waals surface area (Å²) in [5, 5.41) is 2.90. The molecule has 1 aromatic carbocycles. The maximum absolute atomic E-state index is 12.2. The Morgan fingerprint density at radius 3 is 2.45 bits per heavy atom. The maximum atomic E-state index is 12.2. The number of rotatable bonds is 10. The minimum atomic E-state index is -0.745. The van der Waals surface area contributed by atoms with E-state index in [1.807, 2.05) is 6.92 Å². The highest BCUT2D eigenvalue weighted by molar-refractivity contribution is 7.16. The van der Waals surface area contributed by atoms with Gasteiger partial charge in [-0.05, 0) is 43.2 Å². The lowest BCUT2D eigenvalue weighted by atomic mass is 10.1. The number of benzene rings is 1. The normalized spacial score (nSPS) is 10.5. The number of primary amides is 1. The van der Waals surface area contributed by atoms with Gasteiger partial charge in [-0.1, -0.05) is 6.07 Å². The van der Waals surface area contributed by atoms with Gasteiger partial charge in [-0.15, -0.1) is 11.3 Å². The van der Waals surface area contributed by atoms with E-state index in [0.717, 1.165) is 11.0 Å². The lowest BCUT2D eigenvalue weighted by Crippen LogP contribution is -2.21. The molecule has 0 saturated heterocycles. The van der Waals surface area contributed by atoms with Crippen LogP contribution in [-0.4, -0.2) is 51.2 Å². The van der Waals surface area contributed by atoms with Crippen LogP contribution in [0.4, 0.5) is 5.00 Å². The fourth-order valence-electron chi connectivity index (χ4n) is 2.63. The van der Waals surface area contributed by atoms with Gasteiger partial charge in [0, 0.05) is 11.0 Å².